The van der Waals surface area contributed by atoms with Crippen LogP contribution in [0.4, 0.5) is 17.1 Å². The van der Waals surface area contributed by atoms with E-state index in [4.69, 9.17) is 8.83 Å². The second kappa shape index (κ2) is 11.7. The average Bonchev–Trinajstić information content (AvgIpc) is 3.79. The standard InChI is InChI=1S/C50H31NO2/c1-2-12-37(13-3-1)51(39-25-20-32-10-4-5-11-34(32)28-39)38-23-18-33(19-24-38)35-21-26-43-46-31-45(40-14-6-7-16-44(40)50(46)53-49(43)29-35)36-22-27-42-41-15-8-9-17-47(41)52-48(42)30-36/h1-31H. The molecule has 9 aromatic carbocycles. The van der Waals surface area contributed by atoms with Gasteiger partial charge in [0.15, 0.2) is 0 Å². The molecule has 11 aromatic rings. The molecule has 0 atom stereocenters. The average molecular weight is 678 g/mol. The highest BCUT2D eigenvalue weighted by atomic mass is 16.3. The van der Waals surface area contributed by atoms with E-state index >= 15 is 0 Å². The zero-order chi connectivity index (χ0) is 34.9. The Morgan fingerprint density at radius 3 is 1.74 bits per heavy atom. The van der Waals surface area contributed by atoms with Gasteiger partial charge in [-0.25, -0.2) is 0 Å². The van der Waals surface area contributed by atoms with Crippen LogP contribution in [0.1, 0.15) is 0 Å². The van der Waals surface area contributed by atoms with Crippen molar-refractivity contribution in [2.75, 3.05) is 4.90 Å². The Balaban J connectivity index is 0.998. The number of benzene rings is 9. The second-order valence-electron chi connectivity index (χ2n) is 13.7. The first-order chi connectivity index (χ1) is 26.2. The maximum atomic E-state index is 6.71. The van der Waals surface area contributed by atoms with Gasteiger partial charge in [0, 0.05) is 44.0 Å². The van der Waals surface area contributed by atoms with Gasteiger partial charge in [-0.05, 0) is 111 Å². The highest BCUT2D eigenvalue weighted by Gasteiger charge is 2.18. The lowest BCUT2D eigenvalue weighted by molar-refractivity contribution is 0.669. The van der Waals surface area contributed by atoms with E-state index < -0.39 is 0 Å². The molecule has 2 heterocycles. The fourth-order valence-corrected chi connectivity index (χ4v) is 8.05. The molecule has 0 N–H and O–H groups in total. The Morgan fingerprint density at radius 1 is 0.302 bits per heavy atom. The minimum absolute atomic E-state index is 0.874. The van der Waals surface area contributed by atoms with Crippen molar-refractivity contribution in [3.8, 4) is 22.3 Å². The highest BCUT2D eigenvalue weighted by molar-refractivity contribution is 6.20. The largest absolute Gasteiger partial charge is 0.456 e. The molecule has 0 radical (unpaired) electrons. The van der Waals surface area contributed by atoms with Crippen LogP contribution in [0, 0.1) is 0 Å². The summed E-state index contributed by atoms with van der Waals surface area (Å²) in [5.41, 5.74) is 11.4. The summed E-state index contributed by atoms with van der Waals surface area (Å²) in [7, 11) is 0. The predicted octanol–water partition coefficient (Wildman–Crippen LogP) is 14.6. The molecule has 0 aliphatic rings. The monoisotopic (exact) mass is 677 g/mol. The second-order valence-corrected chi connectivity index (χ2v) is 13.7. The van der Waals surface area contributed by atoms with E-state index in [2.05, 4.69) is 181 Å². The van der Waals surface area contributed by atoms with Gasteiger partial charge in [0.25, 0.3) is 0 Å². The minimum Gasteiger partial charge on any atom is -0.456 e. The summed E-state index contributed by atoms with van der Waals surface area (Å²) in [6.45, 7) is 0. The molecule has 53 heavy (non-hydrogen) atoms. The molecule has 0 fully saturated rings. The van der Waals surface area contributed by atoms with E-state index in [-0.39, 0.29) is 0 Å². The Hall–Kier alpha value is -7.10. The summed E-state index contributed by atoms with van der Waals surface area (Å²) in [5.74, 6) is 0. The number of anilines is 3. The summed E-state index contributed by atoms with van der Waals surface area (Å²) in [6.07, 6.45) is 0. The highest BCUT2D eigenvalue weighted by Crippen LogP contribution is 2.43. The molecular formula is C50H31NO2. The molecular weight excluding hydrogens is 647 g/mol. The first kappa shape index (κ1) is 29.6. The lowest BCUT2D eigenvalue weighted by Crippen LogP contribution is -2.09. The van der Waals surface area contributed by atoms with Crippen LogP contribution in [0.15, 0.2) is 197 Å². The summed E-state index contributed by atoms with van der Waals surface area (Å²) >= 11 is 0. The van der Waals surface area contributed by atoms with E-state index in [0.717, 1.165) is 94.0 Å². The Kier molecular flexibility index (Phi) is 6.55. The van der Waals surface area contributed by atoms with E-state index in [1.807, 2.05) is 12.1 Å². The van der Waals surface area contributed by atoms with Gasteiger partial charge in [0.05, 0.1) is 0 Å². The maximum Gasteiger partial charge on any atom is 0.143 e. The van der Waals surface area contributed by atoms with Crippen molar-refractivity contribution in [2.24, 2.45) is 0 Å². The molecule has 0 aliphatic carbocycles. The van der Waals surface area contributed by atoms with Crippen LogP contribution in [0.25, 0.3) is 87.7 Å². The topological polar surface area (TPSA) is 29.5 Å². The van der Waals surface area contributed by atoms with Crippen molar-refractivity contribution in [3.63, 3.8) is 0 Å². The zero-order valence-electron chi connectivity index (χ0n) is 28.7. The summed E-state index contributed by atoms with van der Waals surface area (Å²) in [6, 6.07) is 66.7. The Bertz CT molecular complexity index is 3170. The smallest absolute Gasteiger partial charge is 0.143 e. The molecule has 3 nitrogen and oxygen atoms in total. The molecule has 0 saturated carbocycles. The van der Waals surface area contributed by atoms with Crippen LogP contribution < -0.4 is 4.90 Å². The van der Waals surface area contributed by atoms with Gasteiger partial charge < -0.3 is 13.7 Å². The maximum absolute atomic E-state index is 6.71. The molecule has 0 saturated heterocycles. The number of rotatable bonds is 5. The summed E-state index contributed by atoms with van der Waals surface area (Å²) in [4.78, 5) is 2.31. The lowest BCUT2D eigenvalue weighted by Gasteiger charge is -2.26. The van der Waals surface area contributed by atoms with E-state index in [1.165, 1.54) is 10.8 Å². The number of hydrogen-bond donors (Lipinski definition) is 0. The first-order valence-corrected chi connectivity index (χ1v) is 18.0. The molecule has 0 unspecified atom stereocenters. The molecule has 3 heteroatoms. The van der Waals surface area contributed by atoms with Crippen LogP contribution in [0.2, 0.25) is 0 Å². The van der Waals surface area contributed by atoms with Crippen LogP contribution in [0.3, 0.4) is 0 Å². The minimum atomic E-state index is 0.874. The molecule has 11 rings (SSSR count). The lowest BCUT2D eigenvalue weighted by atomic mass is 9.94. The third-order valence-electron chi connectivity index (χ3n) is 10.6. The molecule has 0 bridgehead atoms. The van der Waals surface area contributed by atoms with Gasteiger partial charge in [-0.3, -0.25) is 0 Å². The van der Waals surface area contributed by atoms with Crippen molar-refractivity contribution in [2.45, 2.75) is 0 Å². The Labute approximate surface area is 305 Å². The van der Waals surface area contributed by atoms with E-state index in [1.54, 1.807) is 0 Å². The predicted molar refractivity (Wildman–Crippen MR) is 222 cm³/mol. The number of nitrogens with zero attached hydrogens (tertiary/aromatic N) is 1. The van der Waals surface area contributed by atoms with Crippen molar-refractivity contribution < 1.29 is 8.83 Å². The quantitative estimate of drug-likeness (QED) is 0.182. The van der Waals surface area contributed by atoms with Gasteiger partial charge in [-0.15, -0.1) is 0 Å². The van der Waals surface area contributed by atoms with Crippen molar-refractivity contribution >= 4 is 82.5 Å². The van der Waals surface area contributed by atoms with Crippen LogP contribution >= 0.6 is 0 Å². The van der Waals surface area contributed by atoms with Gasteiger partial charge in [0.2, 0.25) is 0 Å². The van der Waals surface area contributed by atoms with Crippen LogP contribution in [0.5, 0.6) is 0 Å². The molecule has 0 aliphatic heterocycles. The molecule has 0 amide bonds. The fraction of sp³-hybridized carbons (Fsp3) is 0. The SMILES string of the molecule is c1ccc(N(c2ccc(-c3ccc4c(c3)oc3c5ccccc5c(-c5ccc6c(c5)oc5ccccc56)cc43)cc2)c2ccc3ccccc3c2)cc1. The molecule has 0 spiro atoms. The van der Waals surface area contributed by atoms with Crippen LogP contribution in [-0.2, 0) is 0 Å². The third kappa shape index (κ3) is 4.82. The number of hydrogen-bond acceptors (Lipinski definition) is 3. The third-order valence-corrected chi connectivity index (χ3v) is 10.6. The van der Waals surface area contributed by atoms with Crippen LogP contribution in [-0.4, -0.2) is 0 Å². The molecule has 248 valence electrons. The van der Waals surface area contributed by atoms with Crippen molar-refractivity contribution in [1.29, 1.82) is 0 Å². The summed E-state index contributed by atoms with van der Waals surface area (Å²) < 4.78 is 13.0. The number of furan rings is 2. The van der Waals surface area contributed by atoms with Crippen molar-refractivity contribution in [1.82, 2.24) is 0 Å². The summed E-state index contributed by atoms with van der Waals surface area (Å²) in [5, 5.41) is 9.17. The fourth-order valence-electron chi connectivity index (χ4n) is 8.05. The molecule has 2 aromatic heterocycles. The van der Waals surface area contributed by atoms with Gasteiger partial charge in [-0.1, -0.05) is 115 Å². The van der Waals surface area contributed by atoms with Gasteiger partial charge >= 0.3 is 0 Å². The Morgan fingerprint density at radius 2 is 0.887 bits per heavy atom. The van der Waals surface area contributed by atoms with E-state index in [9.17, 15) is 0 Å². The van der Waals surface area contributed by atoms with Gasteiger partial charge in [0.1, 0.15) is 22.3 Å². The number of fused-ring (bicyclic) bond motifs is 9. The van der Waals surface area contributed by atoms with Crippen molar-refractivity contribution in [3.05, 3.63) is 188 Å². The number of para-hydroxylation sites is 2. The first-order valence-electron chi connectivity index (χ1n) is 18.0. The van der Waals surface area contributed by atoms with Gasteiger partial charge in [-0.2, -0.15) is 0 Å². The van der Waals surface area contributed by atoms with E-state index in [0.29, 0.717) is 0 Å². The zero-order valence-corrected chi connectivity index (χ0v) is 28.7. The normalized spacial score (nSPS) is 11.8.